The molecule has 0 radical (unpaired) electrons. The van der Waals surface area contributed by atoms with Gasteiger partial charge in [-0.25, -0.2) is 9.97 Å². The van der Waals surface area contributed by atoms with Gasteiger partial charge in [0.1, 0.15) is 11.9 Å². The Labute approximate surface area is 109 Å². The van der Waals surface area contributed by atoms with Gasteiger partial charge >= 0.3 is 0 Å². The van der Waals surface area contributed by atoms with Crippen LogP contribution in [0.25, 0.3) is 0 Å². The summed E-state index contributed by atoms with van der Waals surface area (Å²) in [6.45, 7) is 2.76. The number of nitrogens with zero attached hydrogens (tertiary/aromatic N) is 2. The van der Waals surface area contributed by atoms with Crippen LogP contribution in [0.5, 0.6) is 0 Å². The number of anilines is 1. The van der Waals surface area contributed by atoms with Crippen LogP contribution in [-0.4, -0.2) is 23.6 Å². The van der Waals surface area contributed by atoms with Gasteiger partial charge in [0.15, 0.2) is 5.82 Å². The smallest absolute Gasteiger partial charge is 0.159 e. The highest BCUT2D eigenvalue weighted by molar-refractivity contribution is 5.31. The molecular formula is C14H23N3O. The van der Waals surface area contributed by atoms with Crippen molar-refractivity contribution in [2.75, 3.05) is 19.0 Å². The van der Waals surface area contributed by atoms with Crippen LogP contribution in [-0.2, 0) is 4.74 Å². The second-order valence-corrected chi connectivity index (χ2v) is 4.82. The van der Waals surface area contributed by atoms with Crippen molar-refractivity contribution in [3.8, 4) is 0 Å². The Hall–Kier alpha value is -1.16. The molecule has 0 aliphatic heterocycles. The fourth-order valence-corrected chi connectivity index (χ4v) is 2.69. The number of hydrogen-bond acceptors (Lipinski definition) is 4. The summed E-state index contributed by atoms with van der Waals surface area (Å²) in [5.41, 5.74) is 0. The molecule has 0 saturated heterocycles. The van der Waals surface area contributed by atoms with Crippen molar-refractivity contribution in [3.05, 3.63) is 18.1 Å². The standard InChI is InChI=1S/C14H23N3O/c1-3-18-13(11-7-5-4-6-8-11)14-16-10-9-12(15-2)17-14/h9-11,13H,3-8H2,1-2H3,(H,15,16,17). The van der Waals surface area contributed by atoms with E-state index in [9.17, 15) is 0 Å². The molecule has 4 nitrogen and oxygen atoms in total. The van der Waals surface area contributed by atoms with E-state index in [1.54, 1.807) is 0 Å². The van der Waals surface area contributed by atoms with Crippen LogP contribution in [0.3, 0.4) is 0 Å². The van der Waals surface area contributed by atoms with Gasteiger partial charge in [0.05, 0.1) is 0 Å². The summed E-state index contributed by atoms with van der Waals surface area (Å²) in [6.07, 6.45) is 8.30. The van der Waals surface area contributed by atoms with Gasteiger partial charge in [0, 0.05) is 19.9 Å². The van der Waals surface area contributed by atoms with E-state index < -0.39 is 0 Å². The van der Waals surface area contributed by atoms with Gasteiger partial charge in [-0.15, -0.1) is 0 Å². The monoisotopic (exact) mass is 249 g/mol. The van der Waals surface area contributed by atoms with Crippen molar-refractivity contribution < 1.29 is 4.74 Å². The Bertz CT molecular complexity index is 364. The summed E-state index contributed by atoms with van der Waals surface area (Å²) >= 11 is 0. The maximum absolute atomic E-state index is 5.91. The van der Waals surface area contributed by atoms with Crippen LogP contribution in [0, 0.1) is 5.92 Å². The summed E-state index contributed by atoms with van der Waals surface area (Å²) in [5, 5.41) is 3.06. The predicted molar refractivity (Wildman–Crippen MR) is 72.5 cm³/mol. The van der Waals surface area contributed by atoms with Crippen molar-refractivity contribution in [1.29, 1.82) is 0 Å². The number of aromatic nitrogens is 2. The van der Waals surface area contributed by atoms with Crippen LogP contribution >= 0.6 is 0 Å². The zero-order valence-electron chi connectivity index (χ0n) is 11.4. The lowest BCUT2D eigenvalue weighted by molar-refractivity contribution is -0.000100. The van der Waals surface area contributed by atoms with E-state index in [4.69, 9.17) is 4.74 Å². The fraction of sp³-hybridized carbons (Fsp3) is 0.714. The third-order valence-corrected chi connectivity index (χ3v) is 3.61. The van der Waals surface area contributed by atoms with Gasteiger partial charge in [-0.3, -0.25) is 0 Å². The number of rotatable bonds is 5. The van der Waals surface area contributed by atoms with E-state index in [0.29, 0.717) is 12.5 Å². The van der Waals surface area contributed by atoms with Crippen LogP contribution in [0.2, 0.25) is 0 Å². The van der Waals surface area contributed by atoms with Gasteiger partial charge in [-0.05, 0) is 31.7 Å². The van der Waals surface area contributed by atoms with Crippen LogP contribution in [0.4, 0.5) is 5.82 Å². The number of ether oxygens (including phenoxy) is 1. The highest BCUT2D eigenvalue weighted by Gasteiger charge is 2.27. The zero-order chi connectivity index (χ0) is 12.8. The van der Waals surface area contributed by atoms with E-state index in [-0.39, 0.29) is 6.10 Å². The van der Waals surface area contributed by atoms with Crippen LogP contribution in [0.15, 0.2) is 12.3 Å². The molecule has 4 heteroatoms. The van der Waals surface area contributed by atoms with Gasteiger partial charge in [-0.1, -0.05) is 19.3 Å². The SMILES string of the molecule is CCOC(c1nccc(NC)n1)C1CCCCC1. The largest absolute Gasteiger partial charge is 0.373 e. The highest BCUT2D eigenvalue weighted by Crippen LogP contribution is 2.35. The Morgan fingerprint density at radius 1 is 1.39 bits per heavy atom. The third kappa shape index (κ3) is 3.19. The van der Waals surface area contributed by atoms with Crippen molar-refractivity contribution >= 4 is 5.82 Å². The molecule has 1 saturated carbocycles. The minimum absolute atomic E-state index is 0.0589. The van der Waals surface area contributed by atoms with Gasteiger partial charge in [0.2, 0.25) is 0 Å². The topological polar surface area (TPSA) is 47.0 Å². The van der Waals surface area contributed by atoms with E-state index in [2.05, 4.69) is 15.3 Å². The average Bonchev–Trinajstić information content (AvgIpc) is 2.46. The molecule has 0 aromatic carbocycles. The quantitative estimate of drug-likeness (QED) is 0.870. The molecular weight excluding hydrogens is 226 g/mol. The molecule has 1 heterocycles. The minimum atomic E-state index is 0.0589. The fourth-order valence-electron chi connectivity index (χ4n) is 2.69. The second-order valence-electron chi connectivity index (χ2n) is 4.82. The minimum Gasteiger partial charge on any atom is -0.373 e. The van der Waals surface area contributed by atoms with Crippen molar-refractivity contribution in [2.24, 2.45) is 5.92 Å². The molecule has 2 rings (SSSR count). The highest BCUT2D eigenvalue weighted by atomic mass is 16.5. The van der Waals surface area contributed by atoms with E-state index >= 15 is 0 Å². The molecule has 1 aromatic rings. The first-order valence-electron chi connectivity index (χ1n) is 6.97. The van der Waals surface area contributed by atoms with E-state index in [1.165, 1.54) is 32.1 Å². The van der Waals surface area contributed by atoms with Gasteiger partial charge in [0.25, 0.3) is 0 Å². The average molecular weight is 249 g/mol. The van der Waals surface area contributed by atoms with Gasteiger partial charge < -0.3 is 10.1 Å². The first kappa shape index (κ1) is 13.3. The number of nitrogens with one attached hydrogen (secondary N) is 1. The lowest BCUT2D eigenvalue weighted by atomic mass is 9.85. The molecule has 0 bridgehead atoms. The summed E-state index contributed by atoms with van der Waals surface area (Å²) in [4.78, 5) is 8.94. The molecule has 100 valence electrons. The molecule has 0 spiro atoms. The predicted octanol–water partition coefficient (Wildman–Crippen LogP) is 3.18. The maximum Gasteiger partial charge on any atom is 0.159 e. The van der Waals surface area contributed by atoms with Crippen molar-refractivity contribution in [2.45, 2.75) is 45.1 Å². The first-order valence-corrected chi connectivity index (χ1v) is 6.97. The Morgan fingerprint density at radius 2 is 2.17 bits per heavy atom. The van der Waals surface area contributed by atoms with E-state index in [1.807, 2.05) is 26.2 Å². The molecule has 1 fully saturated rings. The molecule has 1 aliphatic carbocycles. The first-order chi connectivity index (χ1) is 8.85. The molecule has 0 amide bonds. The van der Waals surface area contributed by atoms with E-state index in [0.717, 1.165) is 11.6 Å². The third-order valence-electron chi connectivity index (χ3n) is 3.61. The van der Waals surface area contributed by atoms with Crippen LogP contribution in [0.1, 0.15) is 51.0 Å². The van der Waals surface area contributed by atoms with Crippen molar-refractivity contribution in [1.82, 2.24) is 9.97 Å². The summed E-state index contributed by atoms with van der Waals surface area (Å²) in [7, 11) is 1.88. The Balaban J connectivity index is 2.16. The summed E-state index contributed by atoms with van der Waals surface area (Å²) in [6, 6.07) is 1.88. The summed E-state index contributed by atoms with van der Waals surface area (Å²) < 4.78 is 5.91. The molecule has 1 unspecified atom stereocenters. The molecule has 1 aromatic heterocycles. The van der Waals surface area contributed by atoms with Gasteiger partial charge in [-0.2, -0.15) is 0 Å². The molecule has 1 aliphatic rings. The summed E-state index contributed by atoms with van der Waals surface area (Å²) in [5.74, 6) is 2.27. The molecule has 1 N–H and O–H groups in total. The molecule has 18 heavy (non-hydrogen) atoms. The maximum atomic E-state index is 5.91. The zero-order valence-corrected chi connectivity index (χ0v) is 11.4. The Morgan fingerprint density at radius 3 is 2.83 bits per heavy atom. The normalized spacial score (nSPS) is 18.6. The van der Waals surface area contributed by atoms with Crippen molar-refractivity contribution in [3.63, 3.8) is 0 Å². The molecule has 1 atom stereocenters. The Kier molecular flexibility index (Phi) is 4.93. The van der Waals surface area contributed by atoms with Crippen LogP contribution < -0.4 is 5.32 Å². The lowest BCUT2D eigenvalue weighted by Crippen LogP contribution is -2.21. The lowest BCUT2D eigenvalue weighted by Gasteiger charge is -2.29. The second kappa shape index (κ2) is 6.69. The number of hydrogen-bond donors (Lipinski definition) is 1.